The van der Waals surface area contributed by atoms with Gasteiger partial charge in [0.2, 0.25) is 11.8 Å². The number of nitrogens with one attached hydrogen (secondary N) is 1. The third-order valence-corrected chi connectivity index (χ3v) is 5.73. The lowest BCUT2D eigenvalue weighted by Crippen LogP contribution is -2.56. The molecule has 0 aromatic carbocycles. The summed E-state index contributed by atoms with van der Waals surface area (Å²) in [4.78, 5) is 41.7. The zero-order chi connectivity index (χ0) is 18.0. The molecule has 140 valence electrons. The molecule has 3 fully saturated rings. The molecular formula is C18H30N4O3. The molecule has 0 aromatic rings. The van der Waals surface area contributed by atoms with E-state index in [4.69, 9.17) is 0 Å². The van der Waals surface area contributed by atoms with E-state index in [-0.39, 0.29) is 29.8 Å². The van der Waals surface area contributed by atoms with E-state index in [1.807, 2.05) is 9.80 Å². The largest absolute Gasteiger partial charge is 0.342 e. The van der Waals surface area contributed by atoms with Gasteiger partial charge in [-0.25, -0.2) is 4.79 Å². The number of likely N-dealkylation sites (tertiary alicyclic amines) is 2. The molecule has 0 bridgehead atoms. The third-order valence-electron chi connectivity index (χ3n) is 5.73. The van der Waals surface area contributed by atoms with Crippen LogP contribution in [0.25, 0.3) is 0 Å². The Kier molecular flexibility index (Phi) is 5.20. The molecule has 1 saturated carbocycles. The summed E-state index contributed by atoms with van der Waals surface area (Å²) in [5.74, 6) is 0.945. The van der Waals surface area contributed by atoms with Crippen molar-refractivity contribution in [3.8, 4) is 0 Å². The van der Waals surface area contributed by atoms with Crippen LogP contribution in [0.3, 0.4) is 0 Å². The van der Waals surface area contributed by atoms with Crippen LogP contribution in [0.2, 0.25) is 0 Å². The average molecular weight is 350 g/mol. The minimum absolute atomic E-state index is 0.0279. The normalized spacial score (nSPS) is 26.7. The van der Waals surface area contributed by atoms with Gasteiger partial charge >= 0.3 is 6.03 Å². The van der Waals surface area contributed by atoms with Crippen molar-refractivity contribution in [3.05, 3.63) is 0 Å². The Hall–Kier alpha value is -1.79. The molecule has 1 spiro atoms. The van der Waals surface area contributed by atoms with Gasteiger partial charge in [0.25, 0.3) is 0 Å². The molecule has 2 aliphatic heterocycles. The Bertz CT molecular complexity index is 546. The second-order valence-corrected chi connectivity index (χ2v) is 8.19. The second-order valence-electron chi connectivity index (χ2n) is 8.19. The number of hydrogen-bond acceptors (Lipinski definition) is 3. The Morgan fingerprint density at radius 3 is 2.68 bits per heavy atom. The van der Waals surface area contributed by atoms with Crippen LogP contribution in [0.15, 0.2) is 0 Å². The lowest BCUT2D eigenvalue weighted by Gasteiger charge is -2.48. The van der Waals surface area contributed by atoms with Gasteiger partial charge in [0.15, 0.2) is 0 Å². The number of rotatable bonds is 4. The van der Waals surface area contributed by atoms with Crippen molar-refractivity contribution in [1.82, 2.24) is 20.0 Å². The van der Waals surface area contributed by atoms with Crippen molar-refractivity contribution in [2.75, 3.05) is 46.8 Å². The van der Waals surface area contributed by atoms with Gasteiger partial charge < -0.3 is 20.0 Å². The van der Waals surface area contributed by atoms with E-state index in [1.165, 1.54) is 17.7 Å². The summed E-state index contributed by atoms with van der Waals surface area (Å²) in [7, 11) is 3.31. The Labute approximate surface area is 149 Å². The fraction of sp³-hybridized carbons (Fsp3) is 0.833. The molecule has 1 N–H and O–H groups in total. The first-order valence-corrected chi connectivity index (χ1v) is 9.39. The molecule has 3 aliphatic rings. The topological polar surface area (TPSA) is 73.0 Å². The average Bonchev–Trinajstić information content (AvgIpc) is 3.40. The van der Waals surface area contributed by atoms with Crippen molar-refractivity contribution >= 4 is 17.8 Å². The summed E-state index contributed by atoms with van der Waals surface area (Å²) in [5.41, 5.74) is 0.0439. The molecule has 25 heavy (non-hydrogen) atoms. The van der Waals surface area contributed by atoms with E-state index in [0.717, 1.165) is 38.9 Å². The first kappa shape index (κ1) is 18.0. The summed E-state index contributed by atoms with van der Waals surface area (Å²) in [6.07, 6.45) is 6.01. The predicted molar refractivity (Wildman–Crippen MR) is 93.9 cm³/mol. The zero-order valence-corrected chi connectivity index (χ0v) is 15.4. The van der Waals surface area contributed by atoms with Crippen molar-refractivity contribution in [2.24, 2.45) is 11.3 Å². The van der Waals surface area contributed by atoms with Gasteiger partial charge in [-0.15, -0.1) is 0 Å². The summed E-state index contributed by atoms with van der Waals surface area (Å²) < 4.78 is 0. The molecule has 0 aromatic heterocycles. The van der Waals surface area contributed by atoms with Gasteiger partial charge in [0, 0.05) is 52.1 Å². The van der Waals surface area contributed by atoms with E-state index in [0.29, 0.717) is 18.9 Å². The molecule has 1 unspecified atom stereocenters. The van der Waals surface area contributed by atoms with Crippen LogP contribution in [0.5, 0.6) is 0 Å². The van der Waals surface area contributed by atoms with E-state index in [1.54, 1.807) is 14.1 Å². The van der Waals surface area contributed by atoms with Gasteiger partial charge in [-0.05, 0) is 38.0 Å². The van der Waals surface area contributed by atoms with Crippen LogP contribution in [0.4, 0.5) is 4.79 Å². The number of amides is 4. The first-order chi connectivity index (χ1) is 11.9. The first-order valence-electron chi connectivity index (χ1n) is 9.39. The van der Waals surface area contributed by atoms with Gasteiger partial charge in [-0.1, -0.05) is 0 Å². The second kappa shape index (κ2) is 7.22. The quantitative estimate of drug-likeness (QED) is 0.819. The summed E-state index contributed by atoms with van der Waals surface area (Å²) in [6.45, 7) is 3.18. The lowest BCUT2D eigenvalue weighted by molar-refractivity contribution is -0.142. The number of nitrogens with zero attached hydrogens (tertiary/aromatic N) is 3. The number of urea groups is 1. The summed E-state index contributed by atoms with van der Waals surface area (Å²) in [5, 5.41) is 2.65. The fourth-order valence-electron chi connectivity index (χ4n) is 4.06. The highest BCUT2D eigenvalue weighted by Crippen LogP contribution is 2.40. The van der Waals surface area contributed by atoms with E-state index in [9.17, 15) is 14.4 Å². The molecule has 4 amide bonds. The van der Waals surface area contributed by atoms with Crippen LogP contribution >= 0.6 is 0 Å². The highest BCUT2D eigenvalue weighted by Gasteiger charge is 2.43. The molecule has 2 saturated heterocycles. The van der Waals surface area contributed by atoms with Crippen LogP contribution < -0.4 is 5.32 Å². The zero-order valence-electron chi connectivity index (χ0n) is 15.4. The maximum atomic E-state index is 12.5. The Balaban J connectivity index is 1.56. The monoisotopic (exact) mass is 350 g/mol. The Morgan fingerprint density at radius 1 is 1.24 bits per heavy atom. The maximum absolute atomic E-state index is 12.5. The van der Waals surface area contributed by atoms with Gasteiger partial charge in [-0.2, -0.15) is 0 Å². The highest BCUT2D eigenvalue weighted by molar-refractivity contribution is 5.84. The molecule has 1 aliphatic carbocycles. The van der Waals surface area contributed by atoms with Crippen LogP contribution in [-0.4, -0.2) is 79.4 Å². The lowest BCUT2D eigenvalue weighted by atomic mass is 9.73. The fourth-order valence-corrected chi connectivity index (χ4v) is 4.06. The molecule has 2 heterocycles. The van der Waals surface area contributed by atoms with Gasteiger partial charge in [-0.3, -0.25) is 9.59 Å². The number of hydrogen-bond donors (Lipinski definition) is 1. The smallest absolute Gasteiger partial charge is 0.317 e. The van der Waals surface area contributed by atoms with Crippen molar-refractivity contribution < 1.29 is 14.4 Å². The SMILES string of the molecule is CN(C)C(=O)NCC(=O)N1CCCC2(CCC(=O)N(CC3CC3)C2)C1. The van der Waals surface area contributed by atoms with Crippen molar-refractivity contribution in [3.63, 3.8) is 0 Å². The number of carbonyl (C=O) groups is 3. The molecule has 3 rings (SSSR count). The van der Waals surface area contributed by atoms with Gasteiger partial charge in [0.1, 0.15) is 0 Å². The predicted octanol–water partition coefficient (Wildman–Crippen LogP) is 0.899. The van der Waals surface area contributed by atoms with Crippen molar-refractivity contribution in [2.45, 2.75) is 38.5 Å². The van der Waals surface area contributed by atoms with Crippen LogP contribution in [-0.2, 0) is 9.59 Å². The minimum atomic E-state index is -0.251. The van der Waals surface area contributed by atoms with E-state index < -0.39 is 0 Å². The molecular weight excluding hydrogens is 320 g/mol. The highest BCUT2D eigenvalue weighted by atomic mass is 16.2. The molecule has 7 nitrogen and oxygen atoms in total. The summed E-state index contributed by atoms with van der Waals surface area (Å²) in [6, 6.07) is -0.251. The standard InChI is InChI=1S/C18H30N4O3/c1-20(2)17(25)19-10-16(24)21-9-3-7-18(12-21)8-6-15(23)22(13-18)11-14-4-5-14/h14H,3-13H2,1-2H3,(H,19,25). The Morgan fingerprint density at radius 2 is 2.00 bits per heavy atom. The van der Waals surface area contributed by atoms with E-state index in [2.05, 4.69) is 5.32 Å². The van der Waals surface area contributed by atoms with Crippen molar-refractivity contribution in [1.29, 1.82) is 0 Å². The third kappa shape index (κ3) is 4.44. The number of carbonyl (C=O) groups excluding carboxylic acids is 3. The minimum Gasteiger partial charge on any atom is -0.342 e. The van der Waals surface area contributed by atoms with Gasteiger partial charge in [0.05, 0.1) is 6.54 Å². The number of piperidine rings is 2. The molecule has 1 atom stereocenters. The van der Waals surface area contributed by atoms with Crippen LogP contribution in [0.1, 0.15) is 38.5 Å². The molecule has 7 heteroatoms. The van der Waals surface area contributed by atoms with E-state index >= 15 is 0 Å². The summed E-state index contributed by atoms with van der Waals surface area (Å²) >= 11 is 0. The van der Waals surface area contributed by atoms with Crippen LogP contribution in [0, 0.1) is 11.3 Å². The maximum Gasteiger partial charge on any atom is 0.317 e. The molecule has 0 radical (unpaired) electrons.